The third-order valence-electron chi connectivity index (χ3n) is 4.76. The molecule has 1 heterocycles. The summed E-state index contributed by atoms with van der Waals surface area (Å²) in [5.74, 6) is 1.13. The summed E-state index contributed by atoms with van der Waals surface area (Å²) >= 11 is 0. The summed E-state index contributed by atoms with van der Waals surface area (Å²) in [6, 6.07) is 12.5. The second-order valence-corrected chi connectivity index (χ2v) is 7.44. The Kier molecular flexibility index (Phi) is 6.77. The average molecular weight is 410 g/mol. The van der Waals surface area contributed by atoms with Crippen LogP contribution < -0.4 is 15.1 Å². The molecule has 0 atom stereocenters. The van der Waals surface area contributed by atoms with Crippen LogP contribution in [0, 0.1) is 13.8 Å². The van der Waals surface area contributed by atoms with E-state index in [0.29, 0.717) is 17.3 Å². The molecule has 0 aliphatic carbocycles. The van der Waals surface area contributed by atoms with Gasteiger partial charge in [0.15, 0.2) is 6.61 Å². The number of carbonyl (C=O) groups excluding carboxylic acids is 1. The number of benzene rings is 2. The Morgan fingerprint density at radius 2 is 1.67 bits per heavy atom. The predicted octanol–water partition coefficient (Wildman–Crippen LogP) is 4.53. The molecule has 30 heavy (non-hydrogen) atoms. The molecule has 0 aliphatic rings. The van der Waals surface area contributed by atoms with Gasteiger partial charge in [0.1, 0.15) is 30.3 Å². The minimum atomic E-state index is -0.504. The Bertz CT molecular complexity index is 1100. The lowest BCUT2D eigenvalue weighted by Crippen LogP contribution is -2.18. The number of esters is 1. The highest BCUT2D eigenvalue weighted by atomic mass is 16.6. The standard InChI is InChI=1S/C24H26O6/c1-15(2)20-7-5-18(11-16(20)3)27-9-10-28-24(26)14-29-19-6-8-21-17(4)12-23(25)30-22(21)13-19/h5-8,11-13,15H,9-10,14H2,1-4H3. The molecule has 2 aromatic carbocycles. The van der Waals surface area contributed by atoms with E-state index in [-0.39, 0.29) is 19.8 Å². The molecule has 0 fully saturated rings. The first-order valence-electron chi connectivity index (χ1n) is 9.90. The fourth-order valence-corrected chi connectivity index (χ4v) is 3.28. The summed E-state index contributed by atoms with van der Waals surface area (Å²) in [4.78, 5) is 23.4. The van der Waals surface area contributed by atoms with Crippen molar-refractivity contribution in [1.29, 1.82) is 0 Å². The van der Waals surface area contributed by atoms with Gasteiger partial charge in [0.2, 0.25) is 0 Å². The average Bonchev–Trinajstić information content (AvgIpc) is 2.69. The number of fused-ring (bicyclic) bond motifs is 1. The van der Waals surface area contributed by atoms with Gasteiger partial charge in [0.25, 0.3) is 0 Å². The van der Waals surface area contributed by atoms with E-state index in [1.165, 1.54) is 17.2 Å². The summed E-state index contributed by atoms with van der Waals surface area (Å²) in [6.07, 6.45) is 0. The van der Waals surface area contributed by atoms with Crippen LogP contribution in [-0.4, -0.2) is 25.8 Å². The van der Waals surface area contributed by atoms with Gasteiger partial charge in [-0.3, -0.25) is 0 Å². The fourth-order valence-electron chi connectivity index (χ4n) is 3.28. The zero-order chi connectivity index (χ0) is 21.7. The Labute approximate surface area is 175 Å². The van der Waals surface area contributed by atoms with Crippen molar-refractivity contribution in [2.24, 2.45) is 0 Å². The van der Waals surface area contributed by atoms with E-state index in [1.807, 2.05) is 19.1 Å². The van der Waals surface area contributed by atoms with Gasteiger partial charge >= 0.3 is 11.6 Å². The van der Waals surface area contributed by atoms with Crippen LogP contribution in [0.2, 0.25) is 0 Å². The van der Waals surface area contributed by atoms with Crippen molar-refractivity contribution in [1.82, 2.24) is 0 Å². The molecule has 0 spiro atoms. The lowest BCUT2D eigenvalue weighted by atomic mass is 9.98. The molecule has 6 heteroatoms. The van der Waals surface area contributed by atoms with E-state index in [9.17, 15) is 9.59 Å². The molecule has 0 bridgehead atoms. The quantitative estimate of drug-likeness (QED) is 0.308. The molecule has 0 aliphatic heterocycles. The number of hydrogen-bond acceptors (Lipinski definition) is 6. The topological polar surface area (TPSA) is 75.0 Å². The van der Waals surface area contributed by atoms with Crippen molar-refractivity contribution >= 4 is 16.9 Å². The zero-order valence-corrected chi connectivity index (χ0v) is 17.7. The highest BCUT2D eigenvalue weighted by Gasteiger charge is 2.08. The molecule has 0 amide bonds. The molecule has 3 aromatic rings. The number of ether oxygens (including phenoxy) is 3. The van der Waals surface area contributed by atoms with Crippen molar-refractivity contribution in [3.63, 3.8) is 0 Å². The number of rotatable bonds is 8. The highest BCUT2D eigenvalue weighted by Crippen LogP contribution is 2.24. The van der Waals surface area contributed by atoms with Crippen LogP contribution in [0.5, 0.6) is 11.5 Å². The Hall–Kier alpha value is -3.28. The van der Waals surface area contributed by atoms with E-state index in [4.69, 9.17) is 18.6 Å². The largest absolute Gasteiger partial charge is 0.490 e. The summed E-state index contributed by atoms with van der Waals surface area (Å²) in [7, 11) is 0. The van der Waals surface area contributed by atoms with Crippen molar-refractivity contribution in [3.8, 4) is 11.5 Å². The van der Waals surface area contributed by atoms with Gasteiger partial charge in [-0.15, -0.1) is 0 Å². The molecule has 0 saturated carbocycles. The summed E-state index contributed by atoms with van der Waals surface area (Å²) in [5, 5.41) is 0.818. The summed E-state index contributed by atoms with van der Waals surface area (Å²) in [5.41, 5.74) is 3.27. The third kappa shape index (κ3) is 5.41. The third-order valence-corrected chi connectivity index (χ3v) is 4.76. The van der Waals surface area contributed by atoms with E-state index in [0.717, 1.165) is 16.7 Å². The summed E-state index contributed by atoms with van der Waals surface area (Å²) in [6.45, 7) is 8.33. The van der Waals surface area contributed by atoms with Gasteiger partial charge in [-0.2, -0.15) is 0 Å². The smallest absolute Gasteiger partial charge is 0.344 e. The molecule has 158 valence electrons. The molecule has 0 saturated heterocycles. The van der Waals surface area contributed by atoms with Crippen molar-refractivity contribution in [2.75, 3.05) is 19.8 Å². The van der Waals surface area contributed by atoms with Gasteiger partial charge in [-0.25, -0.2) is 9.59 Å². The second-order valence-electron chi connectivity index (χ2n) is 7.44. The highest BCUT2D eigenvalue weighted by molar-refractivity contribution is 5.81. The van der Waals surface area contributed by atoms with Crippen molar-refractivity contribution in [2.45, 2.75) is 33.6 Å². The van der Waals surface area contributed by atoms with Crippen molar-refractivity contribution < 1.29 is 23.4 Å². The first-order chi connectivity index (χ1) is 14.3. The lowest BCUT2D eigenvalue weighted by Gasteiger charge is -2.12. The first-order valence-corrected chi connectivity index (χ1v) is 9.90. The Balaban J connectivity index is 1.45. The van der Waals surface area contributed by atoms with Crippen LogP contribution >= 0.6 is 0 Å². The van der Waals surface area contributed by atoms with Crippen LogP contribution in [0.15, 0.2) is 51.7 Å². The molecular weight excluding hydrogens is 384 g/mol. The Morgan fingerprint density at radius 3 is 2.40 bits per heavy atom. The van der Waals surface area contributed by atoms with Crippen LogP contribution in [0.25, 0.3) is 11.0 Å². The van der Waals surface area contributed by atoms with Gasteiger partial charge in [-0.05, 0) is 60.7 Å². The molecule has 3 rings (SSSR count). The first kappa shape index (κ1) is 21.4. The maximum atomic E-state index is 11.9. The second kappa shape index (κ2) is 9.48. The van der Waals surface area contributed by atoms with Crippen LogP contribution in [0.1, 0.15) is 36.5 Å². The van der Waals surface area contributed by atoms with Gasteiger partial charge in [0.05, 0.1) is 0 Å². The van der Waals surface area contributed by atoms with Crippen LogP contribution in [0.3, 0.4) is 0 Å². The maximum absolute atomic E-state index is 11.9. The monoisotopic (exact) mass is 410 g/mol. The van der Waals surface area contributed by atoms with E-state index >= 15 is 0 Å². The molecule has 6 nitrogen and oxygen atoms in total. The SMILES string of the molecule is Cc1cc(OCCOC(=O)COc2ccc3c(C)cc(=O)oc3c2)ccc1C(C)C. The fraction of sp³-hybridized carbons (Fsp3) is 0.333. The van der Waals surface area contributed by atoms with E-state index < -0.39 is 11.6 Å². The lowest BCUT2D eigenvalue weighted by molar-refractivity contribution is -0.146. The minimum Gasteiger partial charge on any atom is -0.490 e. The van der Waals surface area contributed by atoms with Crippen molar-refractivity contribution in [3.05, 3.63) is 69.6 Å². The predicted molar refractivity (Wildman–Crippen MR) is 114 cm³/mol. The summed E-state index contributed by atoms with van der Waals surface area (Å²) < 4.78 is 21.4. The van der Waals surface area contributed by atoms with Gasteiger partial charge < -0.3 is 18.6 Å². The molecular formula is C24H26O6. The van der Waals surface area contributed by atoms with Crippen LogP contribution in [0.4, 0.5) is 0 Å². The Morgan fingerprint density at radius 1 is 0.933 bits per heavy atom. The zero-order valence-electron chi connectivity index (χ0n) is 17.7. The number of aryl methyl sites for hydroxylation is 2. The molecule has 0 radical (unpaired) electrons. The number of hydrogen-bond donors (Lipinski definition) is 0. The minimum absolute atomic E-state index is 0.124. The van der Waals surface area contributed by atoms with Crippen LogP contribution in [-0.2, 0) is 9.53 Å². The van der Waals surface area contributed by atoms with Gasteiger partial charge in [0, 0.05) is 17.5 Å². The van der Waals surface area contributed by atoms with Gasteiger partial charge in [-0.1, -0.05) is 19.9 Å². The van der Waals surface area contributed by atoms with E-state index in [2.05, 4.69) is 26.8 Å². The van der Waals surface area contributed by atoms with E-state index in [1.54, 1.807) is 18.2 Å². The molecule has 1 aromatic heterocycles. The molecule has 0 N–H and O–H groups in total. The number of carbonyl (C=O) groups is 1. The molecule has 0 unspecified atom stereocenters. The maximum Gasteiger partial charge on any atom is 0.344 e. The normalized spacial score (nSPS) is 11.0.